The smallest absolute Gasteiger partial charge is 0.258 e. The second-order valence-electron chi connectivity index (χ2n) is 3.39. The van der Waals surface area contributed by atoms with Crippen LogP contribution in [0.2, 0.25) is 5.15 Å². The van der Waals surface area contributed by atoms with E-state index in [-0.39, 0.29) is 17.0 Å². The van der Waals surface area contributed by atoms with Gasteiger partial charge in [0.1, 0.15) is 5.15 Å². The van der Waals surface area contributed by atoms with Gasteiger partial charge in [0.25, 0.3) is 5.91 Å². The van der Waals surface area contributed by atoms with Crippen molar-refractivity contribution >= 4 is 35.2 Å². The molecule has 1 aromatic heterocycles. The molecule has 0 aliphatic rings. The fourth-order valence-electron chi connectivity index (χ4n) is 1.31. The summed E-state index contributed by atoms with van der Waals surface area (Å²) in [6.07, 6.45) is 3.47. The first kappa shape index (κ1) is 12.9. The fraction of sp³-hybridized carbons (Fsp3) is 0.0833. The van der Waals surface area contributed by atoms with Gasteiger partial charge in [0, 0.05) is 16.7 Å². The van der Waals surface area contributed by atoms with Crippen LogP contribution >= 0.6 is 23.4 Å². The number of aromatic nitrogens is 2. The average Bonchev–Trinajstić information content (AvgIpc) is 2.39. The Morgan fingerprint density at radius 2 is 2.00 bits per heavy atom. The lowest BCUT2D eigenvalue weighted by molar-refractivity contribution is 0.102. The molecule has 0 aliphatic carbocycles. The predicted octanol–water partition coefficient (Wildman–Crippen LogP) is 3.10. The van der Waals surface area contributed by atoms with Crippen LogP contribution in [0.5, 0.6) is 0 Å². The van der Waals surface area contributed by atoms with Crippen LogP contribution in [-0.2, 0) is 0 Å². The maximum atomic E-state index is 11.9. The number of hydrogen-bond acceptors (Lipinski definition) is 4. The maximum absolute atomic E-state index is 11.9. The lowest BCUT2D eigenvalue weighted by atomic mass is 10.2. The lowest BCUT2D eigenvalue weighted by Crippen LogP contribution is -2.13. The Hall–Kier alpha value is -1.59. The van der Waals surface area contributed by atoms with Crippen molar-refractivity contribution in [2.24, 2.45) is 0 Å². The minimum Gasteiger partial charge on any atom is -0.290 e. The van der Waals surface area contributed by atoms with Crippen LogP contribution < -0.4 is 5.32 Å². The van der Waals surface area contributed by atoms with E-state index < -0.39 is 0 Å². The molecule has 0 fully saturated rings. The summed E-state index contributed by atoms with van der Waals surface area (Å²) in [7, 11) is 0. The molecule has 1 amide bonds. The van der Waals surface area contributed by atoms with Crippen molar-refractivity contribution in [3.05, 3.63) is 47.2 Å². The summed E-state index contributed by atoms with van der Waals surface area (Å²) in [6.45, 7) is 0. The summed E-state index contributed by atoms with van der Waals surface area (Å²) in [4.78, 5) is 20.8. The summed E-state index contributed by atoms with van der Waals surface area (Å²) in [5.74, 6) is -0.0636. The van der Waals surface area contributed by atoms with E-state index in [0.717, 1.165) is 4.90 Å². The van der Waals surface area contributed by atoms with Gasteiger partial charge in [-0.15, -0.1) is 11.8 Å². The predicted molar refractivity (Wildman–Crippen MR) is 73.2 cm³/mol. The van der Waals surface area contributed by atoms with Crippen molar-refractivity contribution in [3.63, 3.8) is 0 Å². The van der Waals surface area contributed by atoms with Crippen molar-refractivity contribution < 1.29 is 4.79 Å². The number of nitrogens with one attached hydrogen (secondary N) is 1. The highest BCUT2D eigenvalue weighted by atomic mass is 35.5. The standard InChI is InChI=1S/C12H10ClN3OS/c1-18-9-4-2-8(3-5-9)11(17)16-12-14-7-6-10(13)15-12/h2-7H,1H3,(H,14,15,16,17). The first-order chi connectivity index (χ1) is 8.69. The van der Waals surface area contributed by atoms with Crippen molar-refractivity contribution in [1.82, 2.24) is 9.97 Å². The molecular weight excluding hydrogens is 270 g/mol. The quantitative estimate of drug-likeness (QED) is 0.693. The van der Waals surface area contributed by atoms with Crippen LogP contribution in [0, 0.1) is 0 Å². The van der Waals surface area contributed by atoms with E-state index in [2.05, 4.69) is 15.3 Å². The number of hydrogen-bond donors (Lipinski definition) is 1. The number of amides is 1. The van der Waals surface area contributed by atoms with Gasteiger partial charge in [-0.2, -0.15) is 0 Å². The molecule has 0 saturated carbocycles. The Balaban J connectivity index is 2.11. The van der Waals surface area contributed by atoms with Crippen LogP contribution in [0.25, 0.3) is 0 Å². The molecule has 0 aliphatic heterocycles. The molecule has 0 radical (unpaired) electrons. The molecule has 0 saturated heterocycles. The Morgan fingerprint density at radius 3 is 2.61 bits per heavy atom. The number of carbonyl (C=O) groups is 1. The molecule has 2 aromatic rings. The average molecular weight is 280 g/mol. The van der Waals surface area contributed by atoms with Crippen molar-refractivity contribution in [2.75, 3.05) is 11.6 Å². The van der Waals surface area contributed by atoms with Crippen molar-refractivity contribution in [2.45, 2.75) is 4.90 Å². The summed E-state index contributed by atoms with van der Waals surface area (Å²) in [6, 6.07) is 8.83. The fourth-order valence-corrected chi connectivity index (χ4v) is 1.86. The second-order valence-corrected chi connectivity index (χ2v) is 4.65. The normalized spacial score (nSPS) is 10.1. The number of carbonyl (C=O) groups excluding carboxylic acids is 1. The van der Waals surface area contributed by atoms with Crippen molar-refractivity contribution in [1.29, 1.82) is 0 Å². The lowest BCUT2D eigenvalue weighted by Gasteiger charge is -2.04. The SMILES string of the molecule is CSc1ccc(C(=O)Nc2nccc(Cl)n2)cc1. The first-order valence-corrected chi connectivity index (χ1v) is 6.73. The summed E-state index contributed by atoms with van der Waals surface area (Å²) in [5, 5.41) is 2.87. The van der Waals surface area contributed by atoms with Gasteiger partial charge in [-0.25, -0.2) is 9.97 Å². The van der Waals surface area contributed by atoms with Gasteiger partial charge < -0.3 is 0 Å². The van der Waals surface area contributed by atoms with E-state index in [9.17, 15) is 4.79 Å². The van der Waals surface area contributed by atoms with Crippen LogP contribution in [0.4, 0.5) is 5.95 Å². The van der Waals surface area contributed by atoms with Crippen LogP contribution in [-0.4, -0.2) is 22.1 Å². The molecule has 92 valence electrons. The number of thioether (sulfide) groups is 1. The molecule has 18 heavy (non-hydrogen) atoms. The Bertz CT molecular complexity index is 560. The van der Waals surface area contributed by atoms with Gasteiger partial charge in [0.15, 0.2) is 0 Å². The molecule has 0 unspecified atom stereocenters. The number of halogens is 1. The largest absolute Gasteiger partial charge is 0.290 e. The molecule has 0 bridgehead atoms. The molecule has 4 nitrogen and oxygen atoms in total. The van der Waals surface area contributed by atoms with E-state index in [0.29, 0.717) is 5.56 Å². The van der Waals surface area contributed by atoms with Gasteiger partial charge in [-0.1, -0.05) is 11.6 Å². The van der Waals surface area contributed by atoms with Crippen LogP contribution in [0.15, 0.2) is 41.4 Å². The number of benzene rings is 1. The van der Waals surface area contributed by atoms with Gasteiger partial charge in [0.2, 0.25) is 5.95 Å². The zero-order valence-electron chi connectivity index (χ0n) is 9.55. The third kappa shape index (κ3) is 3.21. The topological polar surface area (TPSA) is 54.9 Å². The minimum atomic E-state index is -0.259. The Labute approximate surface area is 114 Å². The highest BCUT2D eigenvalue weighted by Crippen LogP contribution is 2.15. The van der Waals surface area contributed by atoms with Gasteiger partial charge in [-0.3, -0.25) is 10.1 Å². The number of anilines is 1. The minimum absolute atomic E-state index is 0.196. The Kier molecular flexibility index (Phi) is 4.17. The number of rotatable bonds is 3. The zero-order valence-corrected chi connectivity index (χ0v) is 11.1. The summed E-state index contributed by atoms with van der Waals surface area (Å²) < 4.78 is 0. The molecular formula is C12H10ClN3OS. The monoisotopic (exact) mass is 279 g/mol. The molecule has 0 spiro atoms. The molecule has 0 atom stereocenters. The van der Waals surface area contributed by atoms with Gasteiger partial charge >= 0.3 is 0 Å². The van der Waals surface area contributed by atoms with Crippen molar-refractivity contribution in [3.8, 4) is 0 Å². The van der Waals surface area contributed by atoms with Crippen LogP contribution in [0.1, 0.15) is 10.4 Å². The van der Waals surface area contributed by atoms with E-state index >= 15 is 0 Å². The molecule has 6 heteroatoms. The van der Waals surface area contributed by atoms with E-state index in [1.807, 2.05) is 18.4 Å². The van der Waals surface area contributed by atoms with Gasteiger partial charge in [0.05, 0.1) is 0 Å². The number of nitrogens with zero attached hydrogens (tertiary/aromatic N) is 2. The molecule has 2 rings (SSSR count). The molecule has 1 heterocycles. The second kappa shape index (κ2) is 5.84. The third-order valence-electron chi connectivity index (χ3n) is 2.20. The van der Waals surface area contributed by atoms with Gasteiger partial charge in [-0.05, 0) is 36.6 Å². The molecule has 1 aromatic carbocycles. The highest BCUT2D eigenvalue weighted by Gasteiger charge is 2.07. The zero-order chi connectivity index (χ0) is 13.0. The highest BCUT2D eigenvalue weighted by molar-refractivity contribution is 7.98. The summed E-state index contributed by atoms with van der Waals surface area (Å²) >= 11 is 7.33. The first-order valence-electron chi connectivity index (χ1n) is 5.13. The third-order valence-corrected chi connectivity index (χ3v) is 3.15. The van der Waals surface area contributed by atoms with E-state index in [1.165, 1.54) is 6.20 Å². The maximum Gasteiger partial charge on any atom is 0.258 e. The van der Waals surface area contributed by atoms with E-state index in [1.54, 1.807) is 30.0 Å². The summed E-state index contributed by atoms with van der Waals surface area (Å²) in [5.41, 5.74) is 0.552. The van der Waals surface area contributed by atoms with Crippen LogP contribution in [0.3, 0.4) is 0 Å². The Morgan fingerprint density at radius 1 is 1.28 bits per heavy atom. The van der Waals surface area contributed by atoms with E-state index in [4.69, 9.17) is 11.6 Å². The molecule has 1 N–H and O–H groups in total.